The molecule has 0 saturated carbocycles. The predicted molar refractivity (Wildman–Crippen MR) is 49.5 cm³/mol. The molecular weight excluding hydrogens is 226 g/mol. The van der Waals surface area contributed by atoms with Gasteiger partial charge in [-0.25, -0.2) is 4.98 Å². The van der Waals surface area contributed by atoms with Crippen LogP contribution in [0.25, 0.3) is 0 Å². The van der Waals surface area contributed by atoms with Crippen LogP contribution >= 0.6 is 22.6 Å². The van der Waals surface area contributed by atoms with E-state index in [0.29, 0.717) is 5.82 Å². The maximum absolute atomic E-state index is 5.50. The van der Waals surface area contributed by atoms with Crippen LogP contribution in [-0.4, -0.2) is 12.8 Å². The van der Waals surface area contributed by atoms with Crippen LogP contribution in [0, 0.1) is 3.57 Å². The van der Waals surface area contributed by atoms with Gasteiger partial charge in [-0.1, -0.05) is 5.46 Å². The van der Waals surface area contributed by atoms with Crippen LogP contribution in [0.1, 0.15) is 0 Å². The summed E-state index contributed by atoms with van der Waals surface area (Å²) in [4.78, 5) is 3.91. The topological polar surface area (TPSA) is 38.9 Å². The minimum atomic E-state index is 0.621. The zero-order chi connectivity index (χ0) is 6.85. The zero-order valence-electron chi connectivity index (χ0n) is 5.06. The van der Waals surface area contributed by atoms with Crippen molar-refractivity contribution < 1.29 is 0 Å². The predicted octanol–water partition coefficient (Wildman–Crippen LogP) is -0.473. The number of nitrogens with zero attached hydrogens (tertiary/aromatic N) is 1. The Labute approximate surface area is 68.4 Å². The summed E-state index contributed by atoms with van der Waals surface area (Å²) < 4.78 is 1.05. The van der Waals surface area contributed by atoms with Gasteiger partial charge in [0.1, 0.15) is 13.7 Å². The second-order valence-electron chi connectivity index (χ2n) is 1.83. The Morgan fingerprint density at radius 2 is 2.33 bits per heavy atom. The Morgan fingerprint density at radius 1 is 1.67 bits per heavy atom. The van der Waals surface area contributed by atoms with Gasteiger partial charge in [-0.3, -0.25) is 0 Å². The summed E-state index contributed by atoms with van der Waals surface area (Å²) in [5, 5.41) is 0. The first kappa shape index (κ1) is 6.86. The van der Waals surface area contributed by atoms with Crippen LogP contribution in [0.15, 0.2) is 12.3 Å². The summed E-state index contributed by atoms with van der Waals surface area (Å²) in [6, 6.07) is 1.94. The van der Waals surface area contributed by atoms with Crippen molar-refractivity contribution in [2.75, 3.05) is 5.73 Å². The first-order chi connectivity index (χ1) is 4.22. The molecule has 0 amide bonds. The molecule has 0 bridgehead atoms. The molecule has 0 aliphatic rings. The van der Waals surface area contributed by atoms with Crippen molar-refractivity contribution >= 4 is 41.7 Å². The lowest BCUT2D eigenvalue weighted by Crippen LogP contribution is -2.10. The van der Waals surface area contributed by atoms with Crippen LogP contribution in [0.2, 0.25) is 0 Å². The number of nitrogens with two attached hydrogens (primary N) is 1. The molecule has 46 valence electrons. The van der Waals surface area contributed by atoms with E-state index in [9.17, 15) is 0 Å². The molecule has 1 aromatic heterocycles. The third-order valence-corrected chi connectivity index (χ3v) is 2.51. The highest BCUT2D eigenvalue weighted by molar-refractivity contribution is 14.1. The number of pyridine rings is 1. The number of nitrogen functional groups attached to an aromatic ring is 1. The number of hydrogen-bond donors (Lipinski definition) is 1. The molecule has 0 radical (unpaired) electrons. The molecule has 0 aliphatic carbocycles. The van der Waals surface area contributed by atoms with E-state index in [1.165, 1.54) is 5.46 Å². The maximum Gasteiger partial charge on any atom is 0.140 e. The highest BCUT2D eigenvalue weighted by Crippen LogP contribution is 2.05. The van der Waals surface area contributed by atoms with Crippen molar-refractivity contribution in [1.82, 2.24) is 4.98 Å². The van der Waals surface area contributed by atoms with Gasteiger partial charge in [-0.2, -0.15) is 0 Å². The molecule has 0 spiro atoms. The Hall–Kier alpha value is -0.255. The number of halogens is 1. The molecule has 1 rings (SSSR count). The number of anilines is 1. The van der Waals surface area contributed by atoms with Crippen LogP contribution in [-0.2, 0) is 0 Å². The Bertz CT molecular complexity index is 206. The van der Waals surface area contributed by atoms with Crippen molar-refractivity contribution in [3.05, 3.63) is 15.8 Å². The van der Waals surface area contributed by atoms with E-state index in [1.54, 1.807) is 6.20 Å². The average Bonchev–Trinajstić information content (AvgIpc) is 1.83. The third-order valence-electron chi connectivity index (χ3n) is 1.11. The van der Waals surface area contributed by atoms with Crippen LogP contribution < -0.4 is 11.2 Å². The molecule has 0 aliphatic heterocycles. The number of rotatable bonds is 0. The zero-order valence-corrected chi connectivity index (χ0v) is 7.21. The van der Waals surface area contributed by atoms with Crippen molar-refractivity contribution in [2.45, 2.75) is 0 Å². The molecule has 0 saturated heterocycles. The van der Waals surface area contributed by atoms with Crippen LogP contribution in [0.3, 0.4) is 0 Å². The Kier molecular flexibility index (Phi) is 1.95. The number of hydrogen-bond acceptors (Lipinski definition) is 2. The molecule has 0 aromatic carbocycles. The number of aromatic nitrogens is 1. The fourth-order valence-electron chi connectivity index (χ4n) is 0.561. The molecule has 9 heavy (non-hydrogen) atoms. The molecule has 0 unspecified atom stereocenters. The SMILES string of the molecule is Bc1ccnc(N)c1I. The van der Waals surface area contributed by atoms with E-state index in [-0.39, 0.29) is 0 Å². The summed E-state index contributed by atoms with van der Waals surface area (Å²) in [6.45, 7) is 0. The van der Waals surface area contributed by atoms with Gasteiger partial charge in [0, 0.05) is 9.77 Å². The lowest BCUT2D eigenvalue weighted by molar-refractivity contribution is 1.33. The van der Waals surface area contributed by atoms with Crippen molar-refractivity contribution in [2.24, 2.45) is 0 Å². The van der Waals surface area contributed by atoms with E-state index in [4.69, 9.17) is 5.73 Å². The van der Waals surface area contributed by atoms with Gasteiger partial charge in [0.05, 0.1) is 0 Å². The molecule has 2 N–H and O–H groups in total. The van der Waals surface area contributed by atoms with E-state index >= 15 is 0 Å². The van der Waals surface area contributed by atoms with E-state index in [2.05, 4.69) is 27.6 Å². The molecular formula is C5H6BIN2. The molecule has 0 fully saturated rings. The fourth-order valence-corrected chi connectivity index (χ4v) is 0.880. The van der Waals surface area contributed by atoms with Crippen LogP contribution in [0.5, 0.6) is 0 Å². The summed E-state index contributed by atoms with van der Waals surface area (Å²) in [5.41, 5.74) is 6.69. The first-order valence-electron chi connectivity index (χ1n) is 2.58. The van der Waals surface area contributed by atoms with Gasteiger partial charge >= 0.3 is 0 Å². The van der Waals surface area contributed by atoms with E-state index in [0.717, 1.165) is 3.57 Å². The second kappa shape index (κ2) is 2.55. The van der Waals surface area contributed by atoms with Crippen molar-refractivity contribution in [3.63, 3.8) is 0 Å². The van der Waals surface area contributed by atoms with Gasteiger partial charge in [-0.05, 0) is 28.7 Å². The molecule has 4 heteroatoms. The minimum Gasteiger partial charge on any atom is -0.383 e. The molecule has 1 aromatic rings. The van der Waals surface area contributed by atoms with Gasteiger partial charge in [-0.15, -0.1) is 0 Å². The lowest BCUT2D eigenvalue weighted by Gasteiger charge is -1.97. The highest BCUT2D eigenvalue weighted by Gasteiger charge is 1.96. The van der Waals surface area contributed by atoms with E-state index < -0.39 is 0 Å². The van der Waals surface area contributed by atoms with Gasteiger partial charge < -0.3 is 5.73 Å². The monoisotopic (exact) mass is 232 g/mol. The van der Waals surface area contributed by atoms with E-state index in [1.807, 2.05) is 13.9 Å². The fraction of sp³-hybridized carbons (Fsp3) is 0. The summed E-state index contributed by atoms with van der Waals surface area (Å²) in [5.74, 6) is 0.621. The normalized spacial score (nSPS) is 9.44. The summed E-state index contributed by atoms with van der Waals surface area (Å²) >= 11 is 2.18. The lowest BCUT2D eigenvalue weighted by atomic mass is 9.98. The standard InChI is InChI=1S/C5H6BIN2/c6-3-1-2-9-5(8)4(3)7/h1-2H,6H2,(H2,8,9). The second-order valence-corrected chi connectivity index (χ2v) is 2.91. The molecule has 1 heterocycles. The average molecular weight is 232 g/mol. The van der Waals surface area contributed by atoms with Gasteiger partial charge in [0.2, 0.25) is 0 Å². The largest absolute Gasteiger partial charge is 0.383 e. The third kappa shape index (κ3) is 1.35. The quantitative estimate of drug-likeness (QED) is 0.484. The van der Waals surface area contributed by atoms with Gasteiger partial charge in [0.15, 0.2) is 0 Å². The molecule has 0 atom stereocenters. The maximum atomic E-state index is 5.50. The molecule has 2 nitrogen and oxygen atoms in total. The first-order valence-corrected chi connectivity index (χ1v) is 3.66. The highest BCUT2D eigenvalue weighted by atomic mass is 127. The summed E-state index contributed by atoms with van der Waals surface area (Å²) in [6.07, 6.45) is 1.72. The van der Waals surface area contributed by atoms with Gasteiger partial charge in [0.25, 0.3) is 0 Å². The Morgan fingerprint density at radius 3 is 2.78 bits per heavy atom. The Balaban J connectivity index is 3.25. The van der Waals surface area contributed by atoms with Crippen molar-refractivity contribution in [1.29, 1.82) is 0 Å². The smallest absolute Gasteiger partial charge is 0.140 e. The van der Waals surface area contributed by atoms with Crippen LogP contribution in [0.4, 0.5) is 5.82 Å². The van der Waals surface area contributed by atoms with Crippen molar-refractivity contribution in [3.8, 4) is 0 Å². The summed E-state index contributed by atoms with van der Waals surface area (Å²) in [7, 11) is 2.01. The minimum absolute atomic E-state index is 0.621.